The van der Waals surface area contributed by atoms with Crippen molar-refractivity contribution in [3.63, 3.8) is 0 Å². The zero-order chi connectivity index (χ0) is 9.78. The van der Waals surface area contributed by atoms with Gasteiger partial charge in [-0.05, 0) is 20.8 Å². The summed E-state index contributed by atoms with van der Waals surface area (Å²) in [5.41, 5.74) is -0.155. The van der Waals surface area contributed by atoms with Crippen LogP contribution in [0.4, 0.5) is 0 Å². The van der Waals surface area contributed by atoms with Crippen molar-refractivity contribution < 1.29 is 14.6 Å². The Morgan fingerprint density at radius 3 is 2.42 bits per heavy atom. The van der Waals surface area contributed by atoms with Crippen LogP contribution in [0.15, 0.2) is 11.1 Å². The average molecular weight is 193 g/mol. The minimum atomic E-state index is -1.26. The molecule has 0 fully saturated rings. The predicted octanol–water partition coefficient (Wildman–Crippen LogP) is 1.44. The highest BCUT2D eigenvalue weighted by Crippen LogP contribution is 2.17. The Bertz CT molecular complexity index is 191. The van der Waals surface area contributed by atoms with E-state index in [1.165, 1.54) is 13.8 Å². The van der Waals surface area contributed by atoms with Crippen LogP contribution in [0.1, 0.15) is 20.8 Å². The minimum Gasteiger partial charge on any atom is -0.463 e. The van der Waals surface area contributed by atoms with Gasteiger partial charge in [0.05, 0.1) is 17.8 Å². The van der Waals surface area contributed by atoms with Gasteiger partial charge in [0.25, 0.3) is 0 Å². The van der Waals surface area contributed by atoms with E-state index in [0.29, 0.717) is 0 Å². The maximum absolute atomic E-state index is 11.1. The van der Waals surface area contributed by atoms with Crippen molar-refractivity contribution in [3.8, 4) is 0 Å². The van der Waals surface area contributed by atoms with Gasteiger partial charge in [-0.2, -0.15) is 0 Å². The first-order valence-corrected chi connectivity index (χ1v) is 4.07. The van der Waals surface area contributed by atoms with Crippen molar-refractivity contribution in [2.24, 2.45) is 0 Å². The molecular formula is C8H13ClO3. The fourth-order valence-corrected chi connectivity index (χ4v) is 0.993. The predicted molar refractivity (Wildman–Crippen MR) is 46.9 cm³/mol. The molecule has 4 heteroatoms. The highest BCUT2D eigenvalue weighted by atomic mass is 35.5. The molecule has 0 aromatic rings. The molecule has 0 bridgehead atoms. The van der Waals surface area contributed by atoms with E-state index in [9.17, 15) is 9.90 Å². The lowest BCUT2D eigenvalue weighted by Crippen LogP contribution is -2.28. The summed E-state index contributed by atoms with van der Waals surface area (Å²) in [7, 11) is 0. The molecule has 0 rings (SSSR count). The number of hydrogen-bond donors (Lipinski definition) is 1. The molecule has 3 nitrogen and oxygen atoms in total. The fourth-order valence-electron chi connectivity index (χ4n) is 0.637. The van der Waals surface area contributed by atoms with Gasteiger partial charge < -0.3 is 9.84 Å². The van der Waals surface area contributed by atoms with E-state index in [1.807, 2.05) is 0 Å². The Morgan fingerprint density at radius 1 is 1.67 bits per heavy atom. The van der Waals surface area contributed by atoms with Gasteiger partial charge in [0.1, 0.15) is 0 Å². The summed E-state index contributed by atoms with van der Waals surface area (Å²) in [5.74, 6) is -0.583. The third kappa shape index (κ3) is 3.24. The molecule has 0 saturated carbocycles. The summed E-state index contributed by atoms with van der Waals surface area (Å²) in [6.07, 6.45) is 0. The van der Waals surface area contributed by atoms with Crippen molar-refractivity contribution in [1.29, 1.82) is 0 Å². The Morgan fingerprint density at radius 2 is 2.17 bits per heavy atom. The zero-order valence-corrected chi connectivity index (χ0v) is 8.18. The second-order valence-electron chi connectivity index (χ2n) is 2.80. The number of carbonyl (C=O) groups excluding carboxylic acids is 1. The standard InChI is InChI=1S/C8H13ClO3/c1-4-12-7(10)6(5-9)8(2,3)11/h5,11H,4H2,1-3H3. The van der Waals surface area contributed by atoms with Crippen LogP contribution in [0.3, 0.4) is 0 Å². The molecule has 0 unspecified atom stereocenters. The van der Waals surface area contributed by atoms with E-state index in [-0.39, 0.29) is 12.2 Å². The highest BCUT2D eigenvalue weighted by Gasteiger charge is 2.26. The van der Waals surface area contributed by atoms with Crippen LogP contribution in [0, 0.1) is 0 Å². The average Bonchev–Trinajstić information content (AvgIpc) is 1.85. The van der Waals surface area contributed by atoms with Crippen LogP contribution in [-0.2, 0) is 9.53 Å². The molecule has 70 valence electrons. The van der Waals surface area contributed by atoms with E-state index in [1.54, 1.807) is 6.92 Å². The van der Waals surface area contributed by atoms with E-state index < -0.39 is 11.6 Å². The molecule has 0 aromatic carbocycles. The van der Waals surface area contributed by atoms with E-state index in [4.69, 9.17) is 11.6 Å². The molecule has 1 N–H and O–H groups in total. The van der Waals surface area contributed by atoms with Crippen LogP contribution < -0.4 is 0 Å². The van der Waals surface area contributed by atoms with Crippen molar-refractivity contribution in [2.75, 3.05) is 6.61 Å². The van der Waals surface area contributed by atoms with Gasteiger partial charge in [0.15, 0.2) is 0 Å². The monoisotopic (exact) mass is 192 g/mol. The van der Waals surface area contributed by atoms with E-state index in [0.717, 1.165) is 5.54 Å². The van der Waals surface area contributed by atoms with Crippen LogP contribution in [0.5, 0.6) is 0 Å². The number of halogens is 1. The third-order valence-corrected chi connectivity index (χ3v) is 1.48. The normalized spacial score (nSPS) is 12.9. The van der Waals surface area contributed by atoms with Gasteiger partial charge in [-0.3, -0.25) is 0 Å². The van der Waals surface area contributed by atoms with E-state index >= 15 is 0 Å². The van der Waals surface area contributed by atoms with Gasteiger partial charge in [-0.1, -0.05) is 11.6 Å². The summed E-state index contributed by atoms with van der Waals surface area (Å²) in [6, 6.07) is 0. The van der Waals surface area contributed by atoms with Gasteiger partial charge in [0, 0.05) is 5.54 Å². The van der Waals surface area contributed by atoms with Crippen LogP contribution >= 0.6 is 11.6 Å². The van der Waals surface area contributed by atoms with Gasteiger partial charge in [0.2, 0.25) is 0 Å². The molecule has 12 heavy (non-hydrogen) atoms. The fraction of sp³-hybridized carbons (Fsp3) is 0.625. The van der Waals surface area contributed by atoms with E-state index in [2.05, 4.69) is 4.74 Å². The van der Waals surface area contributed by atoms with Crippen molar-refractivity contribution in [3.05, 3.63) is 11.1 Å². The quantitative estimate of drug-likeness (QED) is 0.544. The molecule has 0 heterocycles. The molecule has 0 radical (unpaired) electrons. The Labute approximate surface area is 77.0 Å². The maximum Gasteiger partial charge on any atom is 0.337 e. The Balaban J connectivity index is 4.49. The van der Waals surface area contributed by atoms with Crippen molar-refractivity contribution in [1.82, 2.24) is 0 Å². The van der Waals surface area contributed by atoms with Crippen LogP contribution in [0.25, 0.3) is 0 Å². The topological polar surface area (TPSA) is 46.5 Å². The molecule has 0 atom stereocenters. The lowest BCUT2D eigenvalue weighted by molar-refractivity contribution is -0.140. The Hall–Kier alpha value is -0.540. The summed E-state index contributed by atoms with van der Waals surface area (Å²) in [4.78, 5) is 11.1. The molecule has 0 aliphatic heterocycles. The number of esters is 1. The number of carbonyl (C=O) groups is 1. The number of ether oxygens (including phenoxy) is 1. The first kappa shape index (κ1) is 11.5. The lowest BCUT2D eigenvalue weighted by Gasteiger charge is -2.18. The largest absolute Gasteiger partial charge is 0.463 e. The first-order chi connectivity index (χ1) is 5.43. The molecular weight excluding hydrogens is 180 g/mol. The third-order valence-electron chi connectivity index (χ3n) is 1.26. The second-order valence-corrected chi connectivity index (χ2v) is 3.02. The Kier molecular flexibility index (Phi) is 4.28. The van der Waals surface area contributed by atoms with Gasteiger partial charge in [-0.25, -0.2) is 4.79 Å². The van der Waals surface area contributed by atoms with Crippen molar-refractivity contribution in [2.45, 2.75) is 26.4 Å². The molecule has 0 aliphatic carbocycles. The SMILES string of the molecule is CCOC(=O)C(=CCl)C(C)(C)O. The number of aliphatic hydroxyl groups is 1. The molecule has 0 aromatic heterocycles. The number of hydrogen-bond acceptors (Lipinski definition) is 3. The van der Waals surface area contributed by atoms with Crippen LogP contribution in [-0.4, -0.2) is 23.3 Å². The molecule has 0 spiro atoms. The second kappa shape index (κ2) is 4.48. The highest BCUT2D eigenvalue weighted by molar-refractivity contribution is 6.27. The smallest absolute Gasteiger partial charge is 0.337 e. The minimum absolute atomic E-state index is 0.0611. The summed E-state index contributed by atoms with van der Waals surface area (Å²) in [6.45, 7) is 4.90. The summed E-state index contributed by atoms with van der Waals surface area (Å²) >= 11 is 5.36. The first-order valence-electron chi connectivity index (χ1n) is 3.63. The van der Waals surface area contributed by atoms with Gasteiger partial charge >= 0.3 is 5.97 Å². The van der Waals surface area contributed by atoms with Crippen molar-refractivity contribution >= 4 is 17.6 Å². The molecule has 0 amide bonds. The summed E-state index contributed by atoms with van der Waals surface area (Å²) in [5, 5.41) is 9.42. The maximum atomic E-state index is 11.1. The van der Waals surface area contributed by atoms with Crippen LogP contribution in [0.2, 0.25) is 0 Å². The lowest BCUT2D eigenvalue weighted by atomic mass is 10.0. The van der Waals surface area contributed by atoms with Gasteiger partial charge in [-0.15, -0.1) is 0 Å². The number of rotatable bonds is 3. The molecule has 0 saturated heterocycles. The summed E-state index contributed by atoms with van der Waals surface area (Å²) < 4.78 is 4.67. The zero-order valence-electron chi connectivity index (χ0n) is 7.43. The molecule has 0 aliphatic rings.